The van der Waals surface area contributed by atoms with Crippen molar-refractivity contribution in [1.29, 1.82) is 0 Å². The third-order valence-electron chi connectivity index (χ3n) is 5.80. The molecule has 0 radical (unpaired) electrons. The Hall–Kier alpha value is -1.92. The van der Waals surface area contributed by atoms with Gasteiger partial charge < -0.3 is 4.57 Å². The van der Waals surface area contributed by atoms with Gasteiger partial charge in [-0.25, -0.2) is 8.42 Å². The second-order valence-corrected chi connectivity index (χ2v) is 10.7. The van der Waals surface area contributed by atoms with Crippen molar-refractivity contribution >= 4 is 10.0 Å². The molecule has 2 aromatic rings. The first-order chi connectivity index (χ1) is 12.7. The monoisotopic (exact) mass is 386 g/mol. The van der Waals surface area contributed by atoms with Crippen molar-refractivity contribution in [2.45, 2.75) is 50.0 Å². The molecule has 3 heterocycles. The van der Waals surface area contributed by atoms with E-state index in [9.17, 15) is 13.2 Å². The van der Waals surface area contributed by atoms with Gasteiger partial charge in [-0.2, -0.15) is 4.31 Å². The lowest BCUT2D eigenvalue weighted by molar-refractivity contribution is 0.186. The van der Waals surface area contributed by atoms with Crippen LogP contribution in [0.15, 0.2) is 52.2 Å². The minimum atomic E-state index is -3.53. The molecule has 2 bridgehead atoms. The van der Waals surface area contributed by atoms with Crippen LogP contribution in [0.1, 0.15) is 44.4 Å². The van der Waals surface area contributed by atoms with Crippen molar-refractivity contribution in [3.05, 3.63) is 64.1 Å². The summed E-state index contributed by atoms with van der Waals surface area (Å²) < 4.78 is 29.9. The molecule has 1 aromatic carbocycles. The van der Waals surface area contributed by atoms with E-state index in [1.165, 1.54) is 0 Å². The fourth-order valence-electron chi connectivity index (χ4n) is 4.32. The average Bonchev–Trinajstić information content (AvgIpc) is 2.62. The van der Waals surface area contributed by atoms with E-state index >= 15 is 0 Å². The summed E-state index contributed by atoms with van der Waals surface area (Å²) in [7, 11) is -3.53. The Morgan fingerprint density at radius 3 is 2.33 bits per heavy atom. The Labute approximate surface area is 160 Å². The Kier molecular flexibility index (Phi) is 4.31. The summed E-state index contributed by atoms with van der Waals surface area (Å²) in [5, 5.41) is 0. The number of pyridine rings is 1. The second-order valence-electron chi connectivity index (χ2n) is 8.79. The fraction of sp³-hybridized carbons (Fsp3) is 0.476. The highest BCUT2D eigenvalue weighted by atomic mass is 32.2. The number of fused-ring (bicyclic) bond motifs is 4. The van der Waals surface area contributed by atoms with Crippen LogP contribution in [0.4, 0.5) is 0 Å². The van der Waals surface area contributed by atoms with Crippen molar-refractivity contribution in [2.75, 3.05) is 13.1 Å². The number of sulfonamides is 1. The molecule has 0 N–H and O–H groups in total. The molecule has 1 aromatic heterocycles. The van der Waals surface area contributed by atoms with Crippen molar-refractivity contribution in [2.24, 2.45) is 5.92 Å². The van der Waals surface area contributed by atoms with Crippen LogP contribution in [0.2, 0.25) is 0 Å². The first-order valence-corrected chi connectivity index (χ1v) is 10.9. The first-order valence-electron chi connectivity index (χ1n) is 9.47. The molecule has 2 atom stereocenters. The quantitative estimate of drug-likeness (QED) is 0.797. The zero-order chi connectivity index (χ0) is 19.4. The topological polar surface area (TPSA) is 59.4 Å². The predicted molar refractivity (Wildman–Crippen MR) is 105 cm³/mol. The van der Waals surface area contributed by atoms with Crippen molar-refractivity contribution < 1.29 is 8.42 Å². The molecule has 144 valence electrons. The van der Waals surface area contributed by atoms with Crippen LogP contribution in [-0.4, -0.2) is 30.4 Å². The zero-order valence-electron chi connectivity index (χ0n) is 16.1. The molecule has 0 unspecified atom stereocenters. The number of nitrogens with zero attached hydrogens (tertiary/aromatic N) is 2. The van der Waals surface area contributed by atoms with E-state index in [4.69, 9.17) is 0 Å². The molecule has 0 aliphatic carbocycles. The van der Waals surface area contributed by atoms with Crippen molar-refractivity contribution in [1.82, 2.24) is 8.87 Å². The molecule has 0 amide bonds. The standard InChI is InChI=1S/C21H26N2O3S/c1-21(2,3)17-7-9-18(10-8-17)27(25,26)22-12-15-11-16(14-22)19-5-4-6-20(24)23(19)13-15/h4-10,15-16H,11-14H2,1-3H3/t15-,16-/m1/s1. The molecule has 6 heteroatoms. The van der Waals surface area contributed by atoms with E-state index in [1.807, 2.05) is 22.8 Å². The summed E-state index contributed by atoms with van der Waals surface area (Å²) in [5.74, 6) is 0.259. The molecular weight excluding hydrogens is 360 g/mol. The summed E-state index contributed by atoms with van der Waals surface area (Å²) in [6, 6.07) is 12.6. The first kappa shape index (κ1) is 18.4. The maximum atomic E-state index is 13.2. The van der Waals surface area contributed by atoms with Gasteiger partial charge in [0, 0.05) is 37.3 Å². The molecule has 0 saturated carbocycles. The van der Waals surface area contributed by atoms with Gasteiger partial charge >= 0.3 is 0 Å². The Morgan fingerprint density at radius 2 is 1.67 bits per heavy atom. The van der Waals surface area contributed by atoms with Gasteiger partial charge in [0.2, 0.25) is 10.0 Å². The number of hydrogen-bond acceptors (Lipinski definition) is 3. The van der Waals surface area contributed by atoms with Gasteiger partial charge in [-0.3, -0.25) is 4.79 Å². The van der Waals surface area contributed by atoms with Crippen LogP contribution < -0.4 is 5.56 Å². The molecule has 1 saturated heterocycles. The molecule has 2 aliphatic rings. The van der Waals surface area contributed by atoms with Gasteiger partial charge in [0.15, 0.2) is 0 Å². The van der Waals surface area contributed by atoms with Gasteiger partial charge in [0.05, 0.1) is 4.90 Å². The molecule has 5 nitrogen and oxygen atoms in total. The minimum Gasteiger partial charge on any atom is -0.312 e. The Balaban J connectivity index is 1.64. The Bertz CT molecular complexity index is 1020. The van der Waals surface area contributed by atoms with Crippen LogP contribution in [-0.2, 0) is 22.0 Å². The average molecular weight is 387 g/mol. The lowest BCUT2D eigenvalue weighted by Gasteiger charge is -2.42. The SMILES string of the molecule is CC(C)(C)c1ccc(S(=O)(=O)N2C[C@H]3C[C@H](C2)c2cccc(=O)n2C3)cc1. The van der Waals surface area contributed by atoms with E-state index in [0.29, 0.717) is 24.5 Å². The Morgan fingerprint density at radius 1 is 0.963 bits per heavy atom. The van der Waals surface area contributed by atoms with E-state index < -0.39 is 10.0 Å². The third kappa shape index (κ3) is 3.25. The van der Waals surface area contributed by atoms with Gasteiger partial charge in [0.1, 0.15) is 0 Å². The van der Waals surface area contributed by atoms with Gasteiger partial charge in [0.25, 0.3) is 5.56 Å². The van der Waals surface area contributed by atoms with Gasteiger partial charge in [-0.15, -0.1) is 0 Å². The number of hydrogen-bond donors (Lipinski definition) is 0. The van der Waals surface area contributed by atoms with Crippen LogP contribution in [0.25, 0.3) is 0 Å². The largest absolute Gasteiger partial charge is 0.312 e. The lowest BCUT2D eigenvalue weighted by Crippen LogP contribution is -2.49. The fourth-order valence-corrected chi connectivity index (χ4v) is 5.89. The normalized spacial score (nSPS) is 23.1. The molecule has 4 rings (SSSR count). The van der Waals surface area contributed by atoms with Crippen molar-refractivity contribution in [3.8, 4) is 0 Å². The maximum Gasteiger partial charge on any atom is 0.250 e. The van der Waals surface area contributed by atoms with Gasteiger partial charge in [-0.05, 0) is 41.5 Å². The number of piperidine rings is 1. The predicted octanol–water partition coefficient (Wildman–Crippen LogP) is 2.95. The highest BCUT2D eigenvalue weighted by molar-refractivity contribution is 7.89. The number of rotatable bonds is 2. The molecule has 2 aliphatic heterocycles. The number of benzene rings is 1. The molecular formula is C21H26N2O3S. The number of aromatic nitrogens is 1. The summed E-state index contributed by atoms with van der Waals surface area (Å²) in [6.45, 7) is 7.84. The van der Waals surface area contributed by atoms with Crippen LogP contribution in [0.3, 0.4) is 0 Å². The molecule has 27 heavy (non-hydrogen) atoms. The smallest absolute Gasteiger partial charge is 0.250 e. The minimum absolute atomic E-state index is 0.0104. The van der Waals surface area contributed by atoms with E-state index in [0.717, 1.165) is 17.7 Å². The summed E-state index contributed by atoms with van der Waals surface area (Å²) in [4.78, 5) is 12.5. The summed E-state index contributed by atoms with van der Waals surface area (Å²) >= 11 is 0. The van der Waals surface area contributed by atoms with Crippen LogP contribution >= 0.6 is 0 Å². The highest BCUT2D eigenvalue weighted by Crippen LogP contribution is 2.37. The second kappa shape index (κ2) is 6.31. The van der Waals surface area contributed by atoms with Gasteiger partial charge in [-0.1, -0.05) is 39.0 Å². The van der Waals surface area contributed by atoms with Crippen LogP contribution in [0.5, 0.6) is 0 Å². The molecule has 0 spiro atoms. The van der Waals surface area contributed by atoms with Crippen LogP contribution in [0, 0.1) is 5.92 Å². The summed E-state index contributed by atoms with van der Waals surface area (Å²) in [6.07, 6.45) is 0.943. The maximum absolute atomic E-state index is 13.2. The third-order valence-corrected chi connectivity index (χ3v) is 7.65. The summed E-state index contributed by atoms with van der Waals surface area (Å²) in [5.41, 5.74) is 2.07. The van der Waals surface area contributed by atoms with E-state index in [1.54, 1.807) is 28.6 Å². The lowest BCUT2D eigenvalue weighted by atomic mass is 9.84. The van der Waals surface area contributed by atoms with E-state index in [2.05, 4.69) is 20.8 Å². The highest BCUT2D eigenvalue weighted by Gasteiger charge is 2.39. The van der Waals surface area contributed by atoms with Crippen molar-refractivity contribution in [3.63, 3.8) is 0 Å². The zero-order valence-corrected chi connectivity index (χ0v) is 16.9. The molecule has 1 fully saturated rings. The van der Waals surface area contributed by atoms with E-state index in [-0.39, 0.29) is 22.8 Å².